The van der Waals surface area contributed by atoms with Gasteiger partial charge in [0.2, 0.25) is 5.91 Å². The molecule has 10 heteroatoms. The zero-order valence-electron chi connectivity index (χ0n) is 19.2. The van der Waals surface area contributed by atoms with E-state index < -0.39 is 29.7 Å². The van der Waals surface area contributed by atoms with Crippen molar-refractivity contribution in [1.29, 1.82) is 0 Å². The lowest BCUT2D eigenvalue weighted by Crippen LogP contribution is -2.74. The average Bonchev–Trinajstić information content (AvgIpc) is 3.18. The average molecular weight is 463 g/mol. The van der Waals surface area contributed by atoms with Gasteiger partial charge in [-0.2, -0.15) is 0 Å². The number of nitrogens with one attached hydrogen (secondary N) is 1. The number of ether oxygens (including phenoxy) is 1. The van der Waals surface area contributed by atoms with Gasteiger partial charge >= 0.3 is 6.09 Å². The number of benzene rings is 1. The van der Waals surface area contributed by atoms with Crippen molar-refractivity contribution < 1.29 is 29.1 Å². The number of unbranched alkanes of at least 4 members (excludes halogenated alkanes) is 1. The predicted molar refractivity (Wildman–Crippen MR) is 119 cm³/mol. The maximum absolute atomic E-state index is 13.2. The summed E-state index contributed by atoms with van der Waals surface area (Å²) in [6, 6.07) is 8.17. The van der Waals surface area contributed by atoms with Gasteiger partial charge in [0.25, 0.3) is 5.91 Å². The molecule has 3 rings (SSSR count). The summed E-state index contributed by atoms with van der Waals surface area (Å²) in [6.45, 7) is 4.42. The molecule has 0 bridgehead atoms. The fourth-order valence-corrected chi connectivity index (χ4v) is 4.38. The first-order chi connectivity index (χ1) is 15.8. The highest BCUT2D eigenvalue weighted by molar-refractivity contribution is 5.95. The van der Waals surface area contributed by atoms with Gasteiger partial charge in [-0.1, -0.05) is 43.7 Å². The Bertz CT molecular complexity index is 836. The number of aliphatic hydroxyl groups excluding tert-OH is 1. The number of carbonyl (C=O) groups is 3. The van der Waals surface area contributed by atoms with Gasteiger partial charge in [-0.05, 0) is 31.7 Å². The maximum atomic E-state index is 13.2. The summed E-state index contributed by atoms with van der Waals surface area (Å²) in [4.78, 5) is 45.0. The Morgan fingerprint density at radius 3 is 2.67 bits per heavy atom. The highest BCUT2D eigenvalue weighted by Crippen LogP contribution is 2.42. The Morgan fingerprint density at radius 1 is 1.33 bits per heavy atom. The lowest BCUT2D eigenvalue weighted by Gasteiger charge is -2.50. The number of hydrogen-bond acceptors (Lipinski definition) is 7. The van der Waals surface area contributed by atoms with Crippen LogP contribution in [0.15, 0.2) is 30.3 Å². The summed E-state index contributed by atoms with van der Waals surface area (Å²) >= 11 is 0. The predicted octanol–water partition coefficient (Wildman–Crippen LogP) is 0.925. The molecule has 3 amide bonds. The summed E-state index contributed by atoms with van der Waals surface area (Å²) in [6.07, 6.45) is 1.05. The van der Waals surface area contributed by atoms with E-state index in [0.29, 0.717) is 12.8 Å². The van der Waals surface area contributed by atoms with Crippen molar-refractivity contribution in [2.24, 2.45) is 5.73 Å². The summed E-state index contributed by atoms with van der Waals surface area (Å²) in [5.41, 5.74) is 5.27. The number of primary amides is 1. The van der Waals surface area contributed by atoms with Gasteiger partial charge in [0, 0.05) is 12.6 Å². The van der Waals surface area contributed by atoms with Crippen molar-refractivity contribution >= 4 is 17.9 Å². The Morgan fingerprint density at radius 2 is 2.06 bits per heavy atom. The van der Waals surface area contributed by atoms with Gasteiger partial charge in [-0.15, -0.1) is 0 Å². The minimum atomic E-state index is -1.03. The van der Waals surface area contributed by atoms with Crippen molar-refractivity contribution in [1.82, 2.24) is 15.3 Å². The van der Waals surface area contributed by atoms with Crippen LogP contribution in [0, 0.1) is 0 Å². The van der Waals surface area contributed by atoms with E-state index in [2.05, 4.69) is 5.32 Å². The minimum absolute atomic E-state index is 0.196. The molecule has 1 spiro atoms. The molecule has 4 atom stereocenters. The SMILES string of the molecule is CCCCOC(=O)N1C(CN[C@H](C(N)=O)[C@@H](C)O)CCC12CN(OCc1ccccc1)C2=O. The summed E-state index contributed by atoms with van der Waals surface area (Å²) in [5.74, 6) is -0.967. The van der Waals surface area contributed by atoms with Crippen molar-refractivity contribution in [3.05, 3.63) is 35.9 Å². The van der Waals surface area contributed by atoms with Crippen molar-refractivity contribution in [2.45, 2.75) is 69.9 Å². The van der Waals surface area contributed by atoms with E-state index in [1.165, 1.54) is 16.9 Å². The van der Waals surface area contributed by atoms with Crippen LogP contribution in [0.3, 0.4) is 0 Å². The Labute approximate surface area is 193 Å². The molecule has 0 saturated carbocycles. The number of nitrogens with zero attached hydrogens (tertiary/aromatic N) is 2. The van der Waals surface area contributed by atoms with Crippen molar-refractivity contribution in [3.63, 3.8) is 0 Å². The molecule has 33 heavy (non-hydrogen) atoms. The molecule has 0 aliphatic carbocycles. The molecule has 10 nitrogen and oxygen atoms in total. The highest BCUT2D eigenvalue weighted by atomic mass is 16.7. The largest absolute Gasteiger partial charge is 0.449 e. The van der Waals surface area contributed by atoms with Crippen LogP contribution in [-0.2, 0) is 25.8 Å². The number of amides is 3. The number of likely N-dealkylation sites (tertiary alicyclic amines) is 1. The van der Waals surface area contributed by atoms with Gasteiger partial charge in [0.05, 0.1) is 19.3 Å². The van der Waals surface area contributed by atoms with E-state index in [1.54, 1.807) is 0 Å². The van der Waals surface area contributed by atoms with Crippen molar-refractivity contribution in [2.75, 3.05) is 19.7 Å². The number of carbonyl (C=O) groups excluding carboxylic acids is 3. The third kappa shape index (κ3) is 5.45. The quantitative estimate of drug-likeness (QED) is 0.329. The fourth-order valence-electron chi connectivity index (χ4n) is 4.38. The standard InChI is InChI=1S/C23H34N4O6/c1-3-4-12-32-22(31)27-18(13-25-19(16(2)28)20(24)29)10-11-23(27)15-26(21(23)30)33-14-17-8-6-5-7-9-17/h5-9,16,18-19,25,28H,3-4,10-15H2,1-2H3,(H2,24,29)/t16-,18?,19+,23?/m1/s1. The van der Waals surface area contributed by atoms with E-state index in [-0.39, 0.29) is 38.3 Å². The van der Waals surface area contributed by atoms with Gasteiger partial charge in [0.1, 0.15) is 18.2 Å². The molecule has 0 aromatic heterocycles. The molecule has 182 valence electrons. The second-order valence-corrected chi connectivity index (χ2v) is 8.69. The van der Waals surface area contributed by atoms with Crippen molar-refractivity contribution in [3.8, 4) is 0 Å². The molecular weight excluding hydrogens is 428 g/mol. The van der Waals surface area contributed by atoms with Crippen LogP contribution in [-0.4, -0.2) is 76.4 Å². The number of hydrogen-bond donors (Lipinski definition) is 3. The Kier molecular flexibility index (Phi) is 8.28. The van der Waals surface area contributed by atoms with E-state index in [9.17, 15) is 19.5 Å². The van der Waals surface area contributed by atoms with Gasteiger partial charge in [-0.3, -0.25) is 19.3 Å². The maximum Gasteiger partial charge on any atom is 0.411 e. The van der Waals surface area contributed by atoms with Gasteiger partial charge in [-0.25, -0.2) is 9.86 Å². The highest BCUT2D eigenvalue weighted by Gasteiger charge is 2.63. The Hall–Kier alpha value is -2.69. The third-order valence-electron chi connectivity index (χ3n) is 6.26. The van der Waals surface area contributed by atoms with Gasteiger partial charge < -0.3 is 20.9 Å². The molecular formula is C23H34N4O6. The minimum Gasteiger partial charge on any atom is -0.449 e. The molecule has 2 fully saturated rings. The van der Waals surface area contributed by atoms with Crippen LogP contribution >= 0.6 is 0 Å². The molecule has 1 aromatic carbocycles. The molecule has 2 saturated heterocycles. The van der Waals surface area contributed by atoms with Crippen LogP contribution in [0.2, 0.25) is 0 Å². The van der Waals surface area contributed by atoms with Gasteiger partial charge in [0.15, 0.2) is 0 Å². The van der Waals surface area contributed by atoms with Crippen LogP contribution in [0.4, 0.5) is 4.79 Å². The molecule has 1 aromatic rings. The smallest absolute Gasteiger partial charge is 0.411 e. The van der Waals surface area contributed by atoms with E-state index in [0.717, 1.165) is 18.4 Å². The van der Waals surface area contributed by atoms with E-state index in [1.807, 2.05) is 37.3 Å². The van der Waals surface area contributed by atoms with E-state index >= 15 is 0 Å². The topological polar surface area (TPSA) is 134 Å². The first kappa shape index (κ1) is 24.9. The van der Waals surface area contributed by atoms with Crippen LogP contribution < -0.4 is 11.1 Å². The molecule has 2 heterocycles. The molecule has 4 N–H and O–H groups in total. The van der Waals surface area contributed by atoms with Crippen LogP contribution in [0.1, 0.15) is 45.1 Å². The van der Waals surface area contributed by atoms with E-state index in [4.69, 9.17) is 15.3 Å². The number of hydroxylamine groups is 2. The number of rotatable bonds is 11. The second kappa shape index (κ2) is 11.0. The fraction of sp³-hybridized carbons (Fsp3) is 0.609. The normalized spacial score (nSPS) is 24.0. The lowest BCUT2D eigenvalue weighted by molar-refractivity contribution is -0.241. The molecule has 2 unspecified atom stereocenters. The molecule has 2 aliphatic rings. The molecule has 0 radical (unpaired) electrons. The summed E-state index contributed by atoms with van der Waals surface area (Å²) < 4.78 is 5.45. The number of nitrogens with two attached hydrogens (primary N) is 1. The molecule has 2 aliphatic heterocycles. The zero-order valence-corrected chi connectivity index (χ0v) is 19.2. The van der Waals surface area contributed by atoms with Crippen LogP contribution in [0.25, 0.3) is 0 Å². The Balaban J connectivity index is 1.68. The third-order valence-corrected chi connectivity index (χ3v) is 6.26. The lowest BCUT2D eigenvalue weighted by atomic mass is 9.88. The number of β-lactam (4-membered cyclic amide) rings is 1. The zero-order chi connectivity index (χ0) is 24.0. The monoisotopic (exact) mass is 462 g/mol. The van der Waals surface area contributed by atoms with Crippen LogP contribution in [0.5, 0.6) is 0 Å². The summed E-state index contributed by atoms with van der Waals surface area (Å²) in [5, 5.41) is 14.0. The second-order valence-electron chi connectivity index (χ2n) is 8.69. The number of aliphatic hydroxyl groups is 1. The first-order valence-electron chi connectivity index (χ1n) is 11.5. The summed E-state index contributed by atoms with van der Waals surface area (Å²) in [7, 11) is 0. The first-order valence-corrected chi connectivity index (χ1v) is 11.5.